The van der Waals surface area contributed by atoms with Gasteiger partial charge in [-0.15, -0.1) is 0 Å². The average Bonchev–Trinajstić information content (AvgIpc) is 2.70. The summed E-state index contributed by atoms with van der Waals surface area (Å²) in [5, 5.41) is 0. The fraction of sp³-hybridized carbons (Fsp3) is 0.400. The monoisotopic (exact) mass is 388 g/mol. The van der Waals surface area contributed by atoms with E-state index in [0.29, 0.717) is 50.9 Å². The summed E-state index contributed by atoms with van der Waals surface area (Å²) in [6.07, 6.45) is 0. The minimum absolute atomic E-state index is 0.256. The van der Waals surface area contributed by atoms with Gasteiger partial charge < -0.3 is 14.4 Å². The van der Waals surface area contributed by atoms with Gasteiger partial charge in [0.15, 0.2) is 11.5 Å². The van der Waals surface area contributed by atoms with Gasteiger partial charge in [-0.3, -0.25) is 0 Å². The number of hydrogen-bond donors (Lipinski definition) is 0. The summed E-state index contributed by atoms with van der Waals surface area (Å²) >= 11 is 0. The van der Waals surface area contributed by atoms with Gasteiger partial charge in [0.2, 0.25) is 10.0 Å². The Bertz CT molecular complexity index is 950. The van der Waals surface area contributed by atoms with Gasteiger partial charge in [0, 0.05) is 37.9 Å². The molecule has 144 valence electrons. The molecule has 4 rings (SSSR count). The van der Waals surface area contributed by atoms with Crippen molar-refractivity contribution in [1.82, 2.24) is 4.31 Å². The minimum atomic E-state index is -3.54. The second-order valence-corrected chi connectivity index (χ2v) is 8.90. The van der Waals surface area contributed by atoms with Crippen molar-refractivity contribution in [2.24, 2.45) is 0 Å². The number of piperazine rings is 1. The summed E-state index contributed by atoms with van der Waals surface area (Å²) in [5.74, 6) is 1.09. The van der Waals surface area contributed by atoms with Gasteiger partial charge in [-0.2, -0.15) is 4.31 Å². The molecule has 0 bridgehead atoms. The van der Waals surface area contributed by atoms with Crippen molar-refractivity contribution in [3.63, 3.8) is 0 Å². The molecule has 27 heavy (non-hydrogen) atoms. The van der Waals surface area contributed by atoms with Crippen molar-refractivity contribution in [2.75, 3.05) is 44.3 Å². The normalized spacial score (nSPS) is 17.8. The van der Waals surface area contributed by atoms with Crippen molar-refractivity contribution in [3.05, 3.63) is 47.5 Å². The molecular weight excluding hydrogens is 364 g/mol. The van der Waals surface area contributed by atoms with Crippen molar-refractivity contribution in [3.8, 4) is 11.5 Å². The van der Waals surface area contributed by atoms with Crippen molar-refractivity contribution >= 4 is 15.7 Å². The molecule has 0 N–H and O–H groups in total. The number of nitrogens with zero attached hydrogens (tertiary/aromatic N) is 2. The first-order valence-corrected chi connectivity index (χ1v) is 10.6. The highest BCUT2D eigenvalue weighted by Gasteiger charge is 2.30. The number of rotatable bonds is 3. The molecule has 0 radical (unpaired) electrons. The molecule has 1 saturated heterocycles. The summed E-state index contributed by atoms with van der Waals surface area (Å²) in [5.41, 5.74) is 3.66. The number of aryl methyl sites for hydroxylation is 2. The Kier molecular flexibility index (Phi) is 4.74. The maximum absolute atomic E-state index is 13.0. The third-order valence-corrected chi connectivity index (χ3v) is 7.14. The number of anilines is 1. The Labute approximate surface area is 160 Å². The smallest absolute Gasteiger partial charge is 0.243 e. The van der Waals surface area contributed by atoms with E-state index in [1.807, 2.05) is 0 Å². The number of hydrogen-bond acceptors (Lipinski definition) is 5. The molecule has 2 aromatic rings. The van der Waals surface area contributed by atoms with Crippen molar-refractivity contribution in [2.45, 2.75) is 18.7 Å². The zero-order valence-electron chi connectivity index (χ0n) is 15.6. The van der Waals surface area contributed by atoms with Crippen molar-refractivity contribution in [1.29, 1.82) is 0 Å². The summed E-state index contributed by atoms with van der Waals surface area (Å²) in [6.45, 7) is 7.38. The molecule has 0 aliphatic carbocycles. The van der Waals surface area contributed by atoms with E-state index < -0.39 is 10.0 Å². The zero-order valence-corrected chi connectivity index (χ0v) is 16.5. The predicted octanol–water partition coefficient (Wildman–Crippen LogP) is 2.59. The van der Waals surface area contributed by atoms with Crippen LogP contribution in [-0.4, -0.2) is 52.1 Å². The highest BCUT2D eigenvalue weighted by atomic mass is 32.2. The van der Waals surface area contributed by atoms with Gasteiger partial charge in [0.05, 0.1) is 4.90 Å². The van der Waals surface area contributed by atoms with Crippen LogP contribution in [0.2, 0.25) is 0 Å². The van der Waals surface area contributed by atoms with Gasteiger partial charge in [0.1, 0.15) is 13.2 Å². The topological polar surface area (TPSA) is 59.1 Å². The molecular formula is C20H24N2O4S. The van der Waals surface area contributed by atoms with E-state index in [2.05, 4.69) is 36.9 Å². The van der Waals surface area contributed by atoms with E-state index in [0.717, 1.165) is 5.69 Å². The van der Waals surface area contributed by atoms with Crippen LogP contribution in [-0.2, 0) is 10.0 Å². The summed E-state index contributed by atoms with van der Waals surface area (Å²) < 4.78 is 38.6. The van der Waals surface area contributed by atoms with Crippen molar-refractivity contribution < 1.29 is 17.9 Å². The number of ether oxygens (including phenoxy) is 2. The van der Waals surface area contributed by atoms with E-state index in [-0.39, 0.29) is 4.90 Å². The van der Waals surface area contributed by atoms with Gasteiger partial charge in [0.25, 0.3) is 0 Å². The Balaban J connectivity index is 1.49. The van der Waals surface area contributed by atoms with Gasteiger partial charge in [-0.1, -0.05) is 6.07 Å². The maximum atomic E-state index is 13.0. The SMILES string of the molecule is Cc1ccc(N2CCN(S(=O)(=O)c3ccc4c(c3)OCCO4)CC2)cc1C. The molecule has 0 amide bonds. The first-order chi connectivity index (χ1) is 12.9. The Morgan fingerprint density at radius 2 is 1.52 bits per heavy atom. The minimum Gasteiger partial charge on any atom is -0.486 e. The molecule has 6 nitrogen and oxygen atoms in total. The molecule has 2 heterocycles. The molecule has 0 spiro atoms. The third-order valence-electron chi connectivity index (χ3n) is 5.25. The van der Waals surface area contributed by atoms with Crippen LogP contribution in [0.5, 0.6) is 11.5 Å². The Morgan fingerprint density at radius 1 is 0.815 bits per heavy atom. The number of fused-ring (bicyclic) bond motifs is 1. The molecule has 7 heteroatoms. The lowest BCUT2D eigenvalue weighted by molar-refractivity contribution is 0.171. The summed E-state index contributed by atoms with van der Waals surface area (Å²) in [4.78, 5) is 2.49. The first kappa shape index (κ1) is 18.1. The molecule has 2 aliphatic rings. The van der Waals surface area contributed by atoms with Gasteiger partial charge in [-0.05, 0) is 49.2 Å². The summed E-state index contributed by atoms with van der Waals surface area (Å²) in [7, 11) is -3.54. The van der Waals surface area contributed by atoms with E-state index >= 15 is 0 Å². The first-order valence-electron chi connectivity index (χ1n) is 9.17. The fourth-order valence-corrected chi connectivity index (χ4v) is 4.88. The lowest BCUT2D eigenvalue weighted by Gasteiger charge is -2.35. The van der Waals surface area contributed by atoms with E-state index in [9.17, 15) is 8.42 Å². The lowest BCUT2D eigenvalue weighted by atomic mass is 10.1. The fourth-order valence-electron chi connectivity index (χ4n) is 3.44. The maximum Gasteiger partial charge on any atom is 0.243 e. The van der Waals surface area contributed by atoms with Crippen LogP contribution in [0.25, 0.3) is 0 Å². The molecule has 2 aliphatic heterocycles. The number of sulfonamides is 1. The average molecular weight is 388 g/mol. The lowest BCUT2D eigenvalue weighted by Crippen LogP contribution is -2.48. The highest BCUT2D eigenvalue weighted by molar-refractivity contribution is 7.89. The van der Waals surface area contributed by atoms with Crippen LogP contribution >= 0.6 is 0 Å². The predicted molar refractivity (Wildman–Crippen MR) is 104 cm³/mol. The summed E-state index contributed by atoms with van der Waals surface area (Å²) in [6, 6.07) is 11.2. The number of benzene rings is 2. The molecule has 0 aromatic heterocycles. The second-order valence-electron chi connectivity index (χ2n) is 6.97. The van der Waals surface area contributed by atoms with Gasteiger partial charge in [-0.25, -0.2) is 8.42 Å². The largest absolute Gasteiger partial charge is 0.486 e. The zero-order chi connectivity index (χ0) is 19.0. The van der Waals surface area contributed by atoms with Crippen LogP contribution in [0.4, 0.5) is 5.69 Å². The van der Waals surface area contributed by atoms with Crippen LogP contribution in [0.15, 0.2) is 41.3 Å². The van der Waals surface area contributed by atoms with Crippen LogP contribution < -0.4 is 14.4 Å². The van der Waals surface area contributed by atoms with Crippen LogP contribution in [0.3, 0.4) is 0 Å². The Morgan fingerprint density at radius 3 is 2.22 bits per heavy atom. The third kappa shape index (κ3) is 3.49. The molecule has 0 saturated carbocycles. The van der Waals surface area contributed by atoms with E-state index in [1.54, 1.807) is 22.5 Å². The van der Waals surface area contributed by atoms with Crippen LogP contribution in [0, 0.1) is 13.8 Å². The quantitative estimate of drug-likeness (QED) is 0.809. The van der Waals surface area contributed by atoms with Crippen LogP contribution in [0.1, 0.15) is 11.1 Å². The second kappa shape index (κ2) is 7.05. The molecule has 1 fully saturated rings. The highest BCUT2D eigenvalue weighted by Crippen LogP contribution is 2.33. The molecule has 0 atom stereocenters. The van der Waals surface area contributed by atoms with E-state index in [1.165, 1.54) is 11.1 Å². The van der Waals surface area contributed by atoms with Gasteiger partial charge >= 0.3 is 0 Å². The molecule has 2 aromatic carbocycles. The molecule has 0 unspecified atom stereocenters. The van der Waals surface area contributed by atoms with E-state index in [4.69, 9.17) is 9.47 Å². The Hall–Kier alpha value is -2.25. The standard InChI is InChI=1S/C20H24N2O4S/c1-15-3-4-17(13-16(15)2)21-7-9-22(10-8-21)27(23,24)18-5-6-19-20(14-18)26-12-11-25-19/h3-6,13-14H,7-12H2,1-2H3.